The van der Waals surface area contributed by atoms with E-state index >= 15 is 0 Å². The van der Waals surface area contributed by atoms with Crippen LogP contribution in [0, 0.1) is 29.4 Å². The molecule has 0 unspecified atom stereocenters. The Morgan fingerprint density at radius 3 is 2.56 bits per heavy atom. The van der Waals surface area contributed by atoms with Gasteiger partial charge in [-0.2, -0.15) is 5.26 Å². The highest BCUT2D eigenvalue weighted by Crippen LogP contribution is 2.28. The van der Waals surface area contributed by atoms with Gasteiger partial charge < -0.3 is 10.1 Å². The van der Waals surface area contributed by atoms with E-state index in [1.807, 2.05) is 24.6 Å². The molecular weight excluding hydrogens is 346 g/mol. The van der Waals surface area contributed by atoms with Crippen LogP contribution in [0.4, 0.5) is 14.5 Å². The second-order valence-corrected chi connectivity index (χ2v) is 6.19. The lowest BCUT2D eigenvalue weighted by atomic mass is 9.99. The van der Waals surface area contributed by atoms with Crippen LogP contribution in [-0.2, 0) is 11.3 Å². The van der Waals surface area contributed by atoms with Crippen LogP contribution < -0.4 is 5.32 Å². The number of nitriles is 1. The standard InChI is InChI=1S/C22H19F2N2O/c1-2-15-6-10-22(27-14-17-5-9-19(23)20(24)11-17)21(12-15)26-18-7-3-16(13-25)4-8-18/h3-5,7-12,26H,2,6,14H2,1H3. The third-order valence-corrected chi connectivity index (χ3v) is 4.29. The molecule has 0 saturated carbocycles. The summed E-state index contributed by atoms with van der Waals surface area (Å²) in [5, 5.41) is 12.2. The summed E-state index contributed by atoms with van der Waals surface area (Å²) in [7, 11) is 0. The zero-order valence-corrected chi connectivity index (χ0v) is 14.9. The van der Waals surface area contributed by atoms with E-state index in [4.69, 9.17) is 10.00 Å². The number of hydrogen-bond acceptors (Lipinski definition) is 3. The first-order valence-corrected chi connectivity index (χ1v) is 8.70. The minimum absolute atomic E-state index is 0.136. The van der Waals surface area contributed by atoms with Gasteiger partial charge in [0.2, 0.25) is 0 Å². The van der Waals surface area contributed by atoms with Gasteiger partial charge in [-0.05, 0) is 60.9 Å². The molecule has 5 heteroatoms. The molecule has 137 valence electrons. The van der Waals surface area contributed by atoms with E-state index in [9.17, 15) is 8.78 Å². The maximum Gasteiger partial charge on any atom is 0.159 e. The maximum absolute atomic E-state index is 13.4. The van der Waals surface area contributed by atoms with E-state index in [1.54, 1.807) is 12.1 Å². The molecular formula is C22H19F2N2O. The van der Waals surface area contributed by atoms with Gasteiger partial charge in [-0.1, -0.05) is 18.6 Å². The predicted molar refractivity (Wildman–Crippen MR) is 100 cm³/mol. The maximum atomic E-state index is 13.4. The van der Waals surface area contributed by atoms with Crippen molar-refractivity contribution in [3.05, 3.63) is 94.8 Å². The summed E-state index contributed by atoms with van der Waals surface area (Å²) in [6.07, 6.45) is 5.72. The lowest BCUT2D eigenvalue weighted by Gasteiger charge is -2.21. The number of hydrogen-bond donors (Lipinski definition) is 1. The Morgan fingerprint density at radius 1 is 1.11 bits per heavy atom. The number of rotatable bonds is 6. The molecule has 0 aliphatic heterocycles. The van der Waals surface area contributed by atoms with Gasteiger partial charge in [-0.25, -0.2) is 8.78 Å². The van der Waals surface area contributed by atoms with Crippen molar-refractivity contribution >= 4 is 5.69 Å². The second kappa shape index (κ2) is 8.50. The molecule has 1 N–H and O–H groups in total. The molecule has 0 spiro atoms. The largest absolute Gasteiger partial charge is 0.491 e. The molecule has 0 heterocycles. The van der Waals surface area contributed by atoms with Gasteiger partial charge in [0, 0.05) is 12.1 Å². The zero-order chi connectivity index (χ0) is 19.2. The van der Waals surface area contributed by atoms with E-state index < -0.39 is 11.6 Å². The van der Waals surface area contributed by atoms with Crippen molar-refractivity contribution in [3.8, 4) is 6.07 Å². The first kappa shape index (κ1) is 18.7. The Kier molecular flexibility index (Phi) is 5.87. The van der Waals surface area contributed by atoms with E-state index in [0.29, 0.717) is 16.9 Å². The number of nitrogens with zero attached hydrogens (tertiary/aromatic N) is 1. The molecule has 1 aliphatic carbocycles. The highest BCUT2D eigenvalue weighted by atomic mass is 19.2. The van der Waals surface area contributed by atoms with Crippen molar-refractivity contribution in [2.45, 2.75) is 26.4 Å². The third-order valence-electron chi connectivity index (χ3n) is 4.29. The molecule has 0 aromatic heterocycles. The Balaban J connectivity index is 1.79. The highest BCUT2D eigenvalue weighted by Gasteiger charge is 2.15. The second-order valence-electron chi connectivity index (χ2n) is 6.19. The van der Waals surface area contributed by atoms with E-state index in [1.165, 1.54) is 11.6 Å². The topological polar surface area (TPSA) is 45.0 Å². The van der Waals surface area contributed by atoms with Crippen LogP contribution in [0.2, 0.25) is 0 Å². The molecule has 3 rings (SSSR count). The summed E-state index contributed by atoms with van der Waals surface area (Å²) in [6.45, 7) is 2.23. The van der Waals surface area contributed by atoms with Crippen molar-refractivity contribution < 1.29 is 13.5 Å². The van der Waals surface area contributed by atoms with Crippen LogP contribution in [0.3, 0.4) is 0 Å². The normalized spacial score (nSPS) is 13.8. The van der Waals surface area contributed by atoms with Crippen LogP contribution in [0.5, 0.6) is 0 Å². The molecule has 1 radical (unpaired) electrons. The third kappa shape index (κ3) is 4.73. The SMILES string of the molecule is CCC1=CC(Nc2ccc(C#N)cc2)=C(OCc2ccc(F)c(F)c2)[CH]C1. The lowest BCUT2D eigenvalue weighted by Crippen LogP contribution is -2.10. The molecule has 0 saturated heterocycles. The Bertz CT molecular complexity index is 924. The number of halogens is 2. The molecule has 0 atom stereocenters. The smallest absolute Gasteiger partial charge is 0.159 e. The molecule has 2 aromatic rings. The predicted octanol–water partition coefficient (Wildman–Crippen LogP) is 5.62. The summed E-state index contributed by atoms with van der Waals surface area (Å²) < 4.78 is 32.3. The van der Waals surface area contributed by atoms with E-state index in [-0.39, 0.29) is 6.61 Å². The van der Waals surface area contributed by atoms with Crippen LogP contribution in [-0.4, -0.2) is 0 Å². The van der Waals surface area contributed by atoms with Crippen LogP contribution in [0.25, 0.3) is 0 Å². The van der Waals surface area contributed by atoms with Crippen molar-refractivity contribution in [3.63, 3.8) is 0 Å². The fourth-order valence-corrected chi connectivity index (χ4v) is 2.72. The molecule has 1 aliphatic rings. The van der Waals surface area contributed by atoms with Crippen LogP contribution >= 0.6 is 0 Å². The lowest BCUT2D eigenvalue weighted by molar-refractivity contribution is 0.200. The Hall–Kier alpha value is -3.13. The van der Waals surface area contributed by atoms with Crippen molar-refractivity contribution in [1.29, 1.82) is 5.26 Å². The number of benzene rings is 2. The average molecular weight is 365 g/mol. The summed E-state index contributed by atoms with van der Waals surface area (Å²) >= 11 is 0. The van der Waals surface area contributed by atoms with Crippen LogP contribution in [0.1, 0.15) is 30.9 Å². The first-order chi connectivity index (χ1) is 13.1. The summed E-state index contributed by atoms with van der Waals surface area (Å²) in [4.78, 5) is 0. The molecule has 3 nitrogen and oxygen atoms in total. The van der Waals surface area contributed by atoms with Crippen molar-refractivity contribution in [1.82, 2.24) is 0 Å². The van der Waals surface area contributed by atoms with Gasteiger partial charge in [0.1, 0.15) is 12.4 Å². The fourth-order valence-electron chi connectivity index (χ4n) is 2.72. The highest BCUT2D eigenvalue weighted by molar-refractivity contribution is 5.55. The van der Waals surface area contributed by atoms with Crippen molar-refractivity contribution in [2.24, 2.45) is 0 Å². The minimum Gasteiger partial charge on any atom is -0.491 e. The number of anilines is 1. The quantitative estimate of drug-likeness (QED) is 0.722. The Morgan fingerprint density at radius 2 is 1.89 bits per heavy atom. The summed E-state index contributed by atoms with van der Waals surface area (Å²) in [5.41, 5.74) is 4.03. The zero-order valence-electron chi connectivity index (χ0n) is 14.9. The summed E-state index contributed by atoms with van der Waals surface area (Å²) in [5.74, 6) is -1.11. The number of allylic oxidation sites excluding steroid dienone is 3. The minimum atomic E-state index is -0.887. The van der Waals surface area contributed by atoms with E-state index in [0.717, 1.165) is 36.4 Å². The number of nitrogens with one attached hydrogen (secondary N) is 1. The molecule has 0 fully saturated rings. The number of ether oxygens (including phenoxy) is 1. The van der Waals surface area contributed by atoms with Gasteiger partial charge >= 0.3 is 0 Å². The van der Waals surface area contributed by atoms with Gasteiger partial charge in [-0.3, -0.25) is 0 Å². The van der Waals surface area contributed by atoms with Crippen LogP contribution in [0.15, 0.2) is 65.6 Å². The first-order valence-electron chi connectivity index (χ1n) is 8.70. The fraction of sp³-hybridized carbons (Fsp3) is 0.182. The Labute approximate surface area is 157 Å². The molecule has 27 heavy (non-hydrogen) atoms. The van der Waals surface area contributed by atoms with Crippen molar-refractivity contribution in [2.75, 3.05) is 5.32 Å². The average Bonchev–Trinajstić information content (AvgIpc) is 2.70. The van der Waals surface area contributed by atoms with E-state index in [2.05, 4.69) is 18.3 Å². The monoisotopic (exact) mass is 365 g/mol. The van der Waals surface area contributed by atoms with Gasteiger partial charge in [0.05, 0.1) is 17.3 Å². The van der Waals surface area contributed by atoms with Gasteiger partial charge in [0.25, 0.3) is 0 Å². The molecule has 0 bridgehead atoms. The molecule has 2 aromatic carbocycles. The summed E-state index contributed by atoms with van der Waals surface area (Å²) in [6, 6.07) is 13.0. The van der Waals surface area contributed by atoms with Gasteiger partial charge in [0.15, 0.2) is 11.6 Å². The van der Waals surface area contributed by atoms with Gasteiger partial charge in [-0.15, -0.1) is 0 Å². The molecule has 0 amide bonds.